The van der Waals surface area contributed by atoms with E-state index in [1.807, 2.05) is 50.2 Å². The number of carbonyl (C=O) groups is 1. The second kappa shape index (κ2) is 9.34. The van der Waals surface area contributed by atoms with Crippen LogP contribution in [0.25, 0.3) is 0 Å². The normalized spacial score (nSPS) is 23.2. The van der Waals surface area contributed by atoms with E-state index in [4.69, 9.17) is 4.74 Å². The molecule has 0 aromatic heterocycles. The van der Waals surface area contributed by atoms with Crippen LogP contribution >= 0.6 is 0 Å². The fourth-order valence-electron chi connectivity index (χ4n) is 5.09. The molecule has 0 spiro atoms. The van der Waals surface area contributed by atoms with E-state index in [1.54, 1.807) is 16.4 Å². The van der Waals surface area contributed by atoms with E-state index in [2.05, 4.69) is 26.1 Å². The zero-order chi connectivity index (χ0) is 24.7. The number of hydrogen-bond acceptors (Lipinski definition) is 4. The summed E-state index contributed by atoms with van der Waals surface area (Å²) in [7, 11) is -3.67. The van der Waals surface area contributed by atoms with Gasteiger partial charge in [-0.25, -0.2) is 8.42 Å². The molecule has 0 unspecified atom stereocenters. The van der Waals surface area contributed by atoms with Crippen LogP contribution in [-0.4, -0.2) is 37.3 Å². The zero-order valence-electron chi connectivity index (χ0n) is 20.7. The lowest BCUT2D eigenvalue weighted by atomic mass is 9.73. The molecule has 3 atom stereocenters. The standard InChI is InChI=1S/C27H36N2O4S/c1-18(2)33-22-11-9-21(10-12-22)28-26(30)24-16-19-6-15-25(24)29(17-19)34(31,32)23-13-7-20(8-14-23)27(3,4)5/h7-14,18-19,24-25H,6,15-17H2,1-5H3,(H,28,30)/t19-,24+,25-/m0/s1. The molecule has 5 rings (SSSR count). The van der Waals surface area contributed by atoms with Crippen LogP contribution in [-0.2, 0) is 20.2 Å². The number of nitrogens with zero attached hydrogens (tertiary/aromatic N) is 1. The van der Waals surface area contributed by atoms with Gasteiger partial charge in [0, 0.05) is 18.3 Å². The first kappa shape index (κ1) is 24.7. The van der Waals surface area contributed by atoms with E-state index in [1.165, 1.54) is 0 Å². The first-order valence-corrected chi connectivity index (χ1v) is 13.6. The molecule has 2 bridgehead atoms. The number of amides is 1. The minimum absolute atomic E-state index is 0.0468. The molecule has 3 fully saturated rings. The summed E-state index contributed by atoms with van der Waals surface area (Å²) in [5, 5.41) is 3.00. The van der Waals surface area contributed by atoms with Crippen LogP contribution in [0.15, 0.2) is 53.4 Å². The van der Waals surface area contributed by atoms with Gasteiger partial charge in [0.05, 0.1) is 16.9 Å². The fraction of sp³-hybridized carbons (Fsp3) is 0.519. The number of sulfonamides is 1. The van der Waals surface area contributed by atoms with Crippen LogP contribution in [0.1, 0.15) is 59.4 Å². The summed E-state index contributed by atoms with van der Waals surface area (Å²) in [6.07, 6.45) is 2.48. The second-order valence-corrected chi connectivity index (χ2v) is 12.8. The van der Waals surface area contributed by atoms with Crippen molar-refractivity contribution in [1.29, 1.82) is 0 Å². The summed E-state index contributed by atoms with van der Waals surface area (Å²) in [5.74, 6) is 0.476. The number of piperidine rings is 2. The maximum absolute atomic E-state index is 13.6. The molecule has 184 valence electrons. The Morgan fingerprint density at radius 3 is 2.24 bits per heavy atom. The molecular weight excluding hydrogens is 448 g/mol. The number of rotatable bonds is 6. The van der Waals surface area contributed by atoms with Gasteiger partial charge >= 0.3 is 0 Å². The lowest BCUT2D eigenvalue weighted by Crippen LogP contribution is -2.57. The van der Waals surface area contributed by atoms with Crippen LogP contribution in [0.5, 0.6) is 5.75 Å². The molecule has 3 aliphatic rings. The van der Waals surface area contributed by atoms with E-state index < -0.39 is 10.0 Å². The van der Waals surface area contributed by atoms with E-state index in [0.717, 1.165) is 24.2 Å². The third kappa shape index (κ3) is 5.15. The third-order valence-electron chi connectivity index (χ3n) is 6.89. The van der Waals surface area contributed by atoms with Gasteiger partial charge in [-0.15, -0.1) is 0 Å². The topological polar surface area (TPSA) is 75.7 Å². The Bertz CT molecular complexity index is 1120. The van der Waals surface area contributed by atoms with Gasteiger partial charge in [0.15, 0.2) is 0 Å². The molecule has 2 heterocycles. The monoisotopic (exact) mass is 484 g/mol. The van der Waals surface area contributed by atoms with Crippen molar-refractivity contribution in [3.63, 3.8) is 0 Å². The molecule has 2 aromatic rings. The number of carbonyl (C=O) groups excluding carboxylic acids is 1. The van der Waals surface area contributed by atoms with Gasteiger partial charge in [-0.3, -0.25) is 4.79 Å². The minimum atomic E-state index is -3.67. The molecule has 7 heteroatoms. The first-order chi connectivity index (χ1) is 15.9. The molecule has 1 amide bonds. The highest BCUT2D eigenvalue weighted by atomic mass is 32.2. The molecular formula is C27H36N2O4S. The average Bonchev–Trinajstić information content (AvgIpc) is 2.79. The molecule has 6 nitrogen and oxygen atoms in total. The van der Waals surface area contributed by atoms with Crippen molar-refractivity contribution in [2.75, 3.05) is 11.9 Å². The molecule has 34 heavy (non-hydrogen) atoms. The van der Waals surface area contributed by atoms with E-state index in [9.17, 15) is 13.2 Å². The lowest BCUT2D eigenvalue weighted by Gasteiger charge is -2.48. The highest BCUT2D eigenvalue weighted by Gasteiger charge is 2.48. The van der Waals surface area contributed by atoms with Crippen molar-refractivity contribution in [3.05, 3.63) is 54.1 Å². The summed E-state index contributed by atoms with van der Waals surface area (Å²) >= 11 is 0. The molecule has 2 saturated heterocycles. The van der Waals surface area contributed by atoms with Gasteiger partial charge in [-0.1, -0.05) is 32.9 Å². The number of nitrogens with one attached hydrogen (secondary N) is 1. The van der Waals surface area contributed by atoms with Crippen LogP contribution in [0.2, 0.25) is 0 Å². The predicted octanol–water partition coefficient (Wildman–Crippen LogP) is 5.20. The average molecular weight is 485 g/mol. The van der Waals surface area contributed by atoms with E-state index >= 15 is 0 Å². The molecule has 2 aliphatic heterocycles. The Kier molecular flexibility index (Phi) is 6.80. The van der Waals surface area contributed by atoms with E-state index in [-0.39, 0.29) is 35.3 Å². The maximum Gasteiger partial charge on any atom is 0.243 e. The van der Waals surface area contributed by atoms with Crippen LogP contribution in [0.3, 0.4) is 0 Å². The highest BCUT2D eigenvalue weighted by molar-refractivity contribution is 7.89. The summed E-state index contributed by atoms with van der Waals surface area (Å²) in [5.41, 5.74) is 1.73. The van der Waals surface area contributed by atoms with Crippen molar-refractivity contribution < 1.29 is 17.9 Å². The van der Waals surface area contributed by atoms with Gasteiger partial charge in [0.25, 0.3) is 0 Å². The number of hydrogen-bond donors (Lipinski definition) is 1. The summed E-state index contributed by atoms with van der Waals surface area (Å²) in [6.45, 7) is 10.7. The Labute approximate surface area is 203 Å². The van der Waals surface area contributed by atoms with Crippen LogP contribution in [0.4, 0.5) is 5.69 Å². The number of benzene rings is 2. The predicted molar refractivity (Wildman–Crippen MR) is 134 cm³/mol. The van der Waals surface area contributed by atoms with Gasteiger partial charge < -0.3 is 10.1 Å². The zero-order valence-corrected chi connectivity index (χ0v) is 21.6. The molecule has 0 radical (unpaired) electrons. The Morgan fingerprint density at radius 1 is 1.03 bits per heavy atom. The van der Waals surface area contributed by atoms with Crippen molar-refractivity contribution in [2.45, 2.75) is 76.3 Å². The summed E-state index contributed by atoms with van der Waals surface area (Å²) in [4.78, 5) is 13.5. The maximum atomic E-state index is 13.6. The van der Waals surface area contributed by atoms with Crippen LogP contribution < -0.4 is 10.1 Å². The van der Waals surface area contributed by atoms with Crippen molar-refractivity contribution in [3.8, 4) is 5.75 Å². The second-order valence-electron chi connectivity index (χ2n) is 10.9. The van der Waals surface area contributed by atoms with Crippen molar-refractivity contribution >= 4 is 21.6 Å². The molecule has 1 saturated carbocycles. The lowest BCUT2D eigenvalue weighted by molar-refractivity contribution is -0.125. The largest absolute Gasteiger partial charge is 0.491 e. The molecule has 1 aliphatic carbocycles. The van der Waals surface area contributed by atoms with E-state index in [0.29, 0.717) is 23.5 Å². The van der Waals surface area contributed by atoms with Gasteiger partial charge in [-0.2, -0.15) is 4.31 Å². The number of ether oxygens (including phenoxy) is 1. The van der Waals surface area contributed by atoms with Gasteiger partial charge in [-0.05, 0) is 86.4 Å². The first-order valence-electron chi connectivity index (χ1n) is 12.1. The number of anilines is 1. The number of fused-ring (bicyclic) bond motifs is 3. The third-order valence-corrected chi connectivity index (χ3v) is 8.79. The molecule has 1 N–H and O–H groups in total. The van der Waals surface area contributed by atoms with Crippen molar-refractivity contribution in [1.82, 2.24) is 4.31 Å². The minimum Gasteiger partial charge on any atom is -0.491 e. The quantitative estimate of drug-likeness (QED) is 0.612. The summed E-state index contributed by atoms with van der Waals surface area (Å²) in [6, 6.07) is 14.2. The van der Waals surface area contributed by atoms with Gasteiger partial charge in [0.1, 0.15) is 5.75 Å². The van der Waals surface area contributed by atoms with Crippen molar-refractivity contribution in [2.24, 2.45) is 11.8 Å². The van der Waals surface area contributed by atoms with Gasteiger partial charge in [0.2, 0.25) is 15.9 Å². The van der Waals surface area contributed by atoms with Crippen LogP contribution in [0, 0.1) is 11.8 Å². The Morgan fingerprint density at radius 2 is 1.68 bits per heavy atom. The fourth-order valence-corrected chi connectivity index (χ4v) is 6.85. The Hall–Kier alpha value is -2.38. The smallest absolute Gasteiger partial charge is 0.243 e. The summed E-state index contributed by atoms with van der Waals surface area (Å²) < 4.78 is 34.4. The molecule has 2 aromatic carbocycles. The SMILES string of the molecule is CC(C)Oc1ccc(NC(=O)[C@@H]2C[C@@H]3CC[C@@H]2N(S(=O)(=O)c2ccc(C(C)(C)C)cc2)C3)cc1. The highest BCUT2D eigenvalue weighted by Crippen LogP contribution is 2.42. The Balaban J connectivity index is 1.50.